The second-order valence-corrected chi connectivity index (χ2v) is 3.22. The largest absolute Gasteiger partial charge is 0.489 e. The Hall–Kier alpha value is -2.37. The third kappa shape index (κ3) is 4.65. The molecule has 0 saturated carbocycles. The summed E-state index contributed by atoms with van der Waals surface area (Å²) in [6.07, 6.45) is 2.73. The number of carbonyl (C=O) groups excluding carboxylic acids is 1. The standard InChI is InChI=1S/C12H13NO5/c1-2-17-12(14)7-4-8-18-11-6-3-5-10(9-11)13(15)16/h3-7,9H,2,8H2,1H3/b7-4+. The quantitative estimate of drug-likeness (QED) is 0.335. The molecule has 0 saturated heterocycles. The van der Waals surface area contributed by atoms with Crippen LogP contribution in [0.15, 0.2) is 36.4 Å². The number of carbonyl (C=O) groups is 1. The van der Waals surface area contributed by atoms with E-state index in [4.69, 9.17) is 4.74 Å². The summed E-state index contributed by atoms with van der Waals surface area (Å²) in [6.45, 7) is 2.17. The molecule has 0 unspecified atom stereocenters. The van der Waals surface area contributed by atoms with Crippen LogP contribution in [-0.4, -0.2) is 24.1 Å². The van der Waals surface area contributed by atoms with Gasteiger partial charge in [0.15, 0.2) is 0 Å². The number of nitro groups is 1. The number of non-ortho nitro benzene ring substituents is 1. The molecule has 1 aromatic rings. The van der Waals surface area contributed by atoms with Crippen LogP contribution < -0.4 is 4.74 Å². The van der Waals surface area contributed by atoms with Crippen molar-refractivity contribution in [2.45, 2.75) is 6.92 Å². The monoisotopic (exact) mass is 251 g/mol. The molecule has 18 heavy (non-hydrogen) atoms. The van der Waals surface area contributed by atoms with Crippen LogP contribution in [-0.2, 0) is 9.53 Å². The molecule has 0 radical (unpaired) electrons. The van der Waals surface area contributed by atoms with Gasteiger partial charge in [-0.25, -0.2) is 4.79 Å². The Labute approximate surface area is 104 Å². The fourth-order valence-corrected chi connectivity index (χ4v) is 1.17. The molecule has 1 aromatic carbocycles. The lowest BCUT2D eigenvalue weighted by atomic mass is 10.3. The first-order valence-electron chi connectivity index (χ1n) is 5.34. The van der Waals surface area contributed by atoms with Gasteiger partial charge in [0.05, 0.1) is 17.6 Å². The first kappa shape index (κ1) is 13.7. The Bertz CT molecular complexity index is 456. The van der Waals surface area contributed by atoms with Gasteiger partial charge in [-0.2, -0.15) is 0 Å². The van der Waals surface area contributed by atoms with Gasteiger partial charge >= 0.3 is 5.97 Å². The highest BCUT2D eigenvalue weighted by Gasteiger charge is 2.05. The molecule has 0 aliphatic carbocycles. The van der Waals surface area contributed by atoms with Crippen molar-refractivity contribution in [3.8, 4) is 5.75 Å². The van der Waals surface area contributed by atoms with E-state index in [9.17, 15) is 14.9 Å². The average molecular weight is 251 g/mol. The summed E-state index contributed by atoms with van der Waals surface area (Å²) in [7, 11) is 0. The minimum atomic E-state index is -0.499. The highest BCUT2D eigenvalue weighted by molar-refractivity contribution is 5.81. The maximum Gasteiger partial charge on any atom is 0.330 e. The van der Waals surface area contributed by atoms with Crippen LogP contribution in [0.1, 0.15) is 6.92 Å². The molecule has 6 heteroatoms. The fraction of sp³-hybridized carbons (Fsp3) is 0.250. The van der Waals surface area contributed by atoms with Crippen molar-refractivity contribution < 1.29 is 19.2 Å². The summed E-state index contributed by atoms with van der Waals surface area (Å²) >= 11 is 0. The normalized spacial score (nSPS) is 10.3. The van der Waals surface area contributed by atoms with Crippen LogP contribution in [0.5, 0.6) is 5.75 Å². The molecule has 0 fully saturated rings. The Kier molecular flexibility index (Phi) is 5.37. The molecular weight excluding hydrogens is 238 g/mol. The average Bonchev–Trinajstić information content (AvgIpc) is 2.35. The topological polar surface area (TPSA) is 78.7 Å². The number of benzene rings is 1. The molecule has 0 amide bonds. The smallest absolute Gasteiger partial charge is 0.330 e. The van der Waals surface area contributed by atoms with E-state index < -0.39 is 10.9 Å². The van der Waals surface area contributed by atoms with Gasteiger partial charge in [-0.05, 0) is 19.1 Å². The number of hydrogen-bond donors (Lipinski definition) is 0. The zero-order valence-corrected chi connectivity index (χ0v) is 9.87. The van der Waals surface area contributed by atoms with Crippen LogP contribution in [0.2, 0.25) is 0 Å². The molecule has 6 nitrogen and oxygen atoms in total. The van der Waals surface area contributed by atoms with Gasteiger partial charge in [-0.15, -0.1) is 0 Å². The molecule has 0 atom stereocenters. The van der Waals surface area contributed by atoms with E-state index in [1.165, 1.54) is 30.4 Å². The summed E-state index contributed by atoms with van der Waals surface area (Å²) in [5, 5.41) is 10.5. The molecule has 96 valence electrons. The number of ether oxygens (including phenoxy) is 2. The number of hydrogen-bond acceptors (Lipinski definition) is 5. The van der Waals surface area contributed by atoms with Crippen molar-refractivity contribution in [1.29, 1.82) is 0 Å². The summed E-state index contributed by atoms with van der Waals surface area (Å²) in [6, 6.07) is 5.83. The number of esters is 1. The predicted octanol–water partition coefficient (Wildman–Crippen LogP) is 2.09. The number of nitrogens with zero attached hydrogens (tertiary/aromatic N) is 1. The SMILES string of the molecule is CCOC(=O)/C=C/COc1cccc([N+](=O)[O-])c1. The van der Waals surface area contributed by atoms with Crippen LogP contribution >= 0.6 is 0 Å². The highest BCUT2D eigenvalue weighted by Crippen LogP contribution is 2.18. The summed E-state index contributed by atoms with van der Waals surface area (Å²) in [4.78, 5) is 21.0. The minimum Gasteiger partial charge on any atom is -0.489 e. The zero-order chi connectivity index (χ0) is 13.4. The summed E-state index contributed by atoms with van der Waals surface area (Å²) in [5.41, 5.74) is -0.0399. The molecule has 0 aliphatic rings. The second kappa shape index (κ2) is 7.05. The zero-order valence-electron chi connectivity index (χ0n) is 9.87. The Morgan fingerprint density at radius 3 is 2.94 bits per heavy atom. The first-order valence-corrected chi connectivity index (χ1v) is 5.34. The Morgan fingerprint density at radius 2 is 2.28 bits per heavy atom. The summed E-state index contributed by atoms with van der Waals surface area (Å²) < 4.78 is 9.90. The van der Waals surface area contributed by atoms with E-state index in [0.29, 0.717) is 12.4 Å². The van der Waals surface area contributed by atoms with Crippen molar-refractivity contribution in [3.63, 3.8) is 0 Å². The Morgan fingerprint density at radius 1 is 1.50 bits per heavy atom. The molecule has 0 heterocycles. The molecule has 0 N–H and O–H groups in total. The lowest BCUT2D eigenvalue weighted by Gasteiger charge is -2.02. The van der Waals surface area contributed by atoms with Gasteiger partial charge in [-0.3, -0.25) is 10.1 Å². The highest BCUT2D eigenvalue weighted by atomic mass is 16.6. The van der Waals surface area contributed by atoms with Crippen LogP contribution in [0.3, 0.4) is 0 Å². The Balaban J connectivity index is 2.46. The third-order valence-electron chi connectivity index (χ3n) is 1.92. The molecular formula is C12H13NO5. The van der Waals surface area contributed by atoms with Gasteiger partial charge in [0.2, 0.25) is 0 Å². The van der Waals surface area contributed by atoms with Crippen molar-refractivity contribution in [1.82, 2.24) is 0 Å². The number of rotatable bonds is 6. The molecule has 0 aliphatic heterocycles. The molecule has 0 bridgehead atoms. The van der Waals surface area contributed by atoms with E-state index in [1.807, 2.05) is 0 Å². The minimum absolute atomic E-state index is 0.0399. The van der Waals surface area contributed by atoms with Crippen molar-refractivity contribution in [3.05, 3.63) is 46.5 Å². The van der Waals surface area contributed by atoms with E-state index in [-0.39, 0.29) is 12.3 Å². The van der Waals surface area contributed by atoms with E-state index >= 15 is 0 Å². The van der Waals surface area contributed by atoms with E-state index in [1.54, 1.807) is 13.0 Å². The lowest BCUT2D eigenvalue weighted by molar-refractivity contribution is -0.384. The van der Waals surface area contributed by atoms with Crippen LogP contribution in [0.25, 0.3) is 0 Å². The maximum atomic E-state index is 10.9. The maximum absolute atomic E-state index is 10.9. The van der Waals surface area contributed by atoms with Crippen molar-refractivity contribution in [2.75, 3.05) is 13.2 Å². The molecule has 1 rings (SSSR count). The fourth-order valence-electron chi connectivity index (χ4n) is 1.17. The van der Waals surface area contributed by atoms with Crippen molar-refractivity contribution in [2.24, 2.45) is 0 Å². The second-order valence-electron chi connectivity index (χ2n) is 3.22. The lowest BCUT2D eigenvalue weighted by Crippen LogP contribution is -2.01. The van der Waals surface area contributed by atoms with Gasteiger partial charge in [0.1, 0.15) is 12.4 Å². The van der Waals surface area contributed by atoms with Gasteiger partial charge < -0.3 is 9.47 Å². The first-order chi connectivity index (χ1) is 8.63. The third-order valence-corrected chi connectivity index (χ3v) is 1.92. The summed E-state index contributed by atoms with van der Waals surface area (Å²) in [5.74, 6) is -0.0714. The number of nitro benzene ring substituents is 1. The van der Waals surface area contributed by atoms with Crippen LogP contribution in [0.4, 0.5) is 5.69 Å². The van der Waals surface area contributed by atoms with Gasteiger partial charge in [-0.1, -0.05) is 6.07 Å². The molecule has 0 aromatic heterocycles. The van der Waals surface area contributed by atoms with Crippen LogP contribution in [0, 0.1) is 10.1 Å². The predicted molar refractivity (Wildman–Crippen MR) is 64.4 cm³/mol. The van der Waals surface area contributed by atoms with Gasteiger partial charge in [0, 0.05) is 12.1 Å². The van der Waals surface area contributed by atoms with E-state index in [2.05, 4.69) is 4.74 Å². The molecule has 0 spiro atoms. The van der Waals surface area contributed by atoms with Crippen molar-refractivity contribution >= 4 is 11.7 Å². The van der Waals surface area contributed by atoms with Gasteiger partial charge in [0.25, 0.3) is 5.69 Å². The van der Waals surface area contributed by atoms with E-state index in [0.717, 1.165) is 0 Å².